The van der Waals surface area contributed by atoms with Crippen LogP contribution in [0.15, 0.2) is 48.5 Å². The van der Waals surface area contributed by atoms with E-state index in [0.717, 1.165) is 3.57 Å². The fourth-order valence-corrected chi connectivity index (χ4v) is 2.22. The van der Waals surface area contributed by atoms with E-state index < -0.39 is 23.8 Å². The lowest BCUT2D eigenvalue weighted by Crippen LogP contribution is -2.30. The van der Waals surface area contributed by atoms with Gasteiger partial charge < -0.3 is 10.1 Å². The Labute approximate surface area is 140 Å². The summed E-state index contributed by atoms with van der Waals surface area (Å²) in [5.74, 6) is -1.44. The molecular weight excluding hydrogens is 400 g/mol. The molecule has 0 bridgehead atoms. The fraction of sp³-hybridized carbons (Fsp3) is 0.125. The van der Waals surface area contributed by atoms with Crippen LogP contribution in [0.2, 0.25) is 0 Å². The van der Waals surface area contributed by atoms with Gasteiger partial charge in [0.15, 0.2) is 6.10 Å². The Bertz CT molecular complexity index is 688. The van der Waals surface area contributed by atoms with Crippen LogP contribution in [0.1, 0.15) is 17.3 Å². The van der Waals surface area contributed by atoms with Crippen molar-refractivity contribution >= 4 is 40.2 Å². The van der Waals surface area contributed by atoms with Gasteiger partial charge in [0.1, 0.15) is 5.82 Å². The number of anilines is 1. The van der Waals surface area contributed by atoms with Crippen LogP contribution in [0.25, 0.3) is 0 Å². The molecule has 4 nitrogen and oxygen atoms in total. The van der Waals surface area contributed by atoms with Crippen molar-refractivity contribution in [3.05, 3.63) is 63.5 Å². The number of hydrogen-bond acceptors (Lipinski definition) is 3. The molecule has 1 amide bonds. The van der Waals surface area contributed by atoms with Crippen LogP contribution >= 0.6 is 22.6 Å². The van der Waals surface area contributed by atoms with Crippen LogP contribution in [-0.4, -0.2) is 18.0 Å². The molecule has 0 fully saturated rings. The maximum Gasteiger partial charge on any atom is 0.338 e. The van der Waals surface area contributed by atoms with Crippen LogP contribution in [0, 0.1) is 9.39 Å². The van der Waals surface area contributed by atoms with Gasteiger partial charge in [0, 0.05) is 9.26 Å². The summed E-state index contributed by atoms with van der Waals surface area (Å²) in [4.78, 5) is 23.9. The Morgan fingerprint density at radius 3 is 2.50 bits per heavy atom. The van der Waals surface area contributed by atoms with Gasteiger partial charge in [-0.15, -0.1) is 0 Å². The Morgan fingerprint density at radius 1 is 1.18 bits per heavy atom. The molecule has 1 N–H and O–H groups in total. The van der Waals surface area contributed by atoms with E-state index in [9.17, 15) is 14.0 Å². The molecule has 114 valence electrons. The minimum Gasteiger partial charge on any atom is -0.449 e. The summed E-state index contributed by atoms with van der Waals surface area (Å²) in [5.41, 5.74) is 0.817. The molecule has 0 heterocycles. The predicted octanol–water partition coefficient (Wildman–Crippen LogP) is 3.61. The zero-order chi connectivity index (χ0) is 16.1. The zero-order valence-corrected chi connectivity index (χ0v) is 13.8. The van der Waals surface area contributed by atoms with Crippen molar-refractivity contribution in [1.29, 1.82) is 0 Å². The lowest BCUT2D eigenvalue weighted by molar-refractivity contribution is -0.123. The van der Waals surface area contributed by atoms with Gasteiger partial charge in [0.2, 0.25) is 0 Å². The highest BCUT2D eigenvalue weighted by molar-refractivity contribution is 14.1. The first-order chi connectivity index (χ1) is 10.5. The van der Waals surface area contributed by atoms with Gasteiger partial charge in [0.25, 0.3) is 5.91 Å². The average Bonchev–Trinajstić information content (AvgIpc) is 2.49. The first-order valence-corrected chi connectivity index (χ1v) is 7.56. The average molecular weight is 413 g/mol. The van der Waals surface area contributed by atoms with E-state index in [2.05, 4.69) is 27.9 Å². The molecule has 0 spiro atoms. The van der Waals surface area contributed by atoms with Gasteiger partial charge in [-0.3, -0.25) is 4.79 Å². The molecule has 2 aromatic carbocycles. The summed E-state index contributed by atoms with van der Waals surface area (Å²) in [6.45, 7) is 1.48. The third kappa shape index (κ3) is 4.52. The summed E-state index contributed by atoms with van der Waals surface area (Å²) in [5, 5.41) is 2.55. The van der Waals surface area contributed by atoms with E-state index in [-0.39, 0.29) is 0 Å². The first kappa shape index (κ1) is 16.4. The number of benzene rings is 2. The minimum atomic E-state index is -0.963. The minimum absolute atomic E-state index is 0.383. The number of carbonyl (C=O) groups excluding carboxylic acids is 2. The second kappa shape index (κ2) is 7.35. The van der Waals surface area contributed by atoms with Crippen molar-refractivity contribution < 1.29 is 18.7 Å². The number of hydrogen-bond donors (Lipinski definition) is 1. The van der Waals surface area contributed by atoms with E-state index in [1.807, 2.05) is 6.07 Å². The second-order valence-electron chi connectivity index (χ2n) is 4.55. The van der Waals surface area contributed by atoms with E-state index in [0.29, 0.717) is 11.3 Å². The topological polar surface area (TPSA) is 55.4 Å². The lowest BCUT2D eigenvalue weighted by atomic mass is 10.2. The van der Waals surface area contributed by atoms with E-state index in [4.69, 9.17) is 4.74 Å². The summed E-state index contributed by atoms with van der Waals surface area (Å²) in [6, 6.07) is 12.2. The van der Waals surface area contributed by atoms with Crippen LogP contribution in [0.5, 0.6) is 0 Å². The third-order valence-electron chi connectivity index (χ3n) is 2.83. The van der Waals surface area contributed by atoms with E-state index in [1.54, 1.807) is 18.2 Å². The van der Waals surface area contributed by atoms with Crippen molar-refractivity contribution in [3.63, 3.8) is 0 Å². The Kier molecular flexibility index (Phi) is 5.48. The largest absolute Gasteiger partial charge is 0.449 e. The number of ether oxygens (including phenoxy) is 1. The molecule has 1 unspecified atom stereocenters. The number of halogens is 2. The van der Waals surface area contributed by atoms with Gasteiger partial charge in [-0.2, -0.15) is 0 Å². The molecule has 22 heavy (non-hydrogen) atoms. The normalized spacial score (nSPS) is 11.6. The fourth-order valence-electron chi connectivity index (χ4n) is 1.67. The number of carbonyl (C=O) groups is 2. The van der Waals surface area contributed by atoms with E-state index >= 15 is 0 Å². The molecule has 0 aliphatic carbocycles. The molecule has 2 aromatic rings. The molecule has 0 aliphatic heterocycles. The SMILES string of the molecule is CC(OC(=O)c1cccc(I)c1)C(=O)Nc1ccc(F)cc1. The quantitative estimate of drug-likeness (QED) is 0.616. The van der Waals surface area contributed by atoms with Gasteiger partial charge in [0.05, 0.1) is 5.56 Å². The highest BCUT2D eigenvalue weighted by atomic mass is 127. The van der Waals surface area contributed by atoms with Crippen LogP contribution in [-0.2, 0) is 9.53 Å². The Hall–Kier alpha value is -1.96. The number of nitrogens with one attached hydrogen (secondary N) is 1. The second-order valence-corrected chi connectivity index (χ2v) is 5.80. The predicted molar refractivity (Wildman–Crippen MR) is 89.1 cm³/mol. The number of rotatable bonds is 4. The van der Waals surface area contributed by atoms with Crippen molar-refractivity contribution in [2.24, 2.45) is 0 Å². The maximum atomic E-state index is 12.8. The van der Waals surface area contributed by atoms with Gasteiger partial charge >= 0.3 is 5.97 Å². The summed E-state index contributed by atoms with van der Waals surface area (Å²) < 4.78 is 18.8. The van der Waals surface area contributed by atoms with Gasteiger partial charge in [-0.25, -0.2) is 9.18 Å². The van der Waals surface area contributed by atoms with Crippen LogP contribution in [0.3, 0.4) is 0 Å². The van der Waals surface area contributed by atoms with Gasteiger partial charge in [-0.1, -0.05) is 6.07 Å². The van der Waals surface area contributed by atoms with Crippen LogP contribution in [0.4, 0.5) is 10.1 Å². The highest BCUT2D eigenvalue weighted by Gasteiger charge is 2.19. The van der Waals surface area contributed by atoms with Gasteiger partial charge in [-0.05, 0) is 72.0 Å². The lowest BCUT2D eigenvalue weighted by Gasteiger charge is -2.13. The van der Waals surface area contributed by atoms with E-state index in [1.165, 1.54) is 31.2 Å². The molecule has 2 rings (SSSR count). The Morgan fingerprint density at radius 2 is 1.86 bits per heavy atom. The zero-order valence-electron chi connectivity index (χ0n) is 11.7. The van der Waals surface area contributed by atoms with Crippen molar-refractivity contribution in [3.8, 4) is 0 Å². The summed E-state index contributed by atoms with van der Waals surface area (Å²) in [6.07, 6.45) is -0.963. The van der Waals surface area contributed by atoms with Crippen LogP contribution < -0.4 is 5.32 Å². The molecule has 0 aliphatic rings. The van der Waals surface area contributed by atoms with Crippen molar-refractivity contribution in [1.82, 2.24) is 0 Å². The van der Waals surface area contributed by atoms with Crippen molar-refractivity contribution in [2.45, 2.75) is 13.0 Å². The molecule has 6 heteroatoms. The maximum absolute atomic E-state index is 12.8. The Balaban J connectivity index is 1.96. The smallest absolute Gasteiger partial charge is 0.338 e. The molecule has 0 aromatic heterocycles. The molecule has 1 atom stereocenters. The first-order valence-electron chi connectivity index (χ1n) is 6.48. The molecule has 0 saturated carbocycles. The highest BCUT2D eigenvalue weighted by Crippen LogP contribution is 2.12. The number of amides is 1. The molecule has 0 saturated heterocycles. The monoisotopic (exact) mass is 413 g/mol. The summed E-state index contributed by atoms with van der Waals surface area (Å²) in [7, 11) is 0. The third-order valence-corrected chi connectivity index (χ3v) is 3.50. The standard InChI is InChI=1S/C16H13FINO3/c1-10(15(20)19-14-7-5-12(17)6-8-14)22-16(21)11-3-2-4-13(18)9-11/h2-10H,1H3,(H,19,20). The summed E-state index contributed by atoms with van der Waals surface area (Å²) >= 11 is 2.09. The molecule has 0 radical (unpaired) electrons. The van der Waals surface area contributed by atoms with Crippen molar-refractivity contribution in [2.75, 3.05) is 5.32 Å². The number of esters is 1. The molecular formula is C16H13FINO3.